The largest absolute Gasteiger partial charge is 0.392 e. The maximum Gasteiger partial charge on any atom is 0.243 e. The van der Waals surface area contributed by atoms with Gasteiger partial charge < -0.3 is 14.7 Å². The minimum absolute atomic E-state index is 0.0664. The Balaban J connectivity index is 2.50. The van der Waals surface area contributed by atoms with E-state index in [4.69, 9.17) is 9.84 Å². The molecule has 0 unspecified atom stereocenters. The molecule has 2 N–H and O–H groups in total. The number of aliphatic hydroxyl groups excluding tert-OH is 1. The van der Waals surface area contributed by atoms with Crippen molar-refractivity contribution in [3.8, 4) is 0 Å². The Kier molecular flexibility index (Phi) is 7.20. The van der Waals surface area contributed by atoms with E-state index in [1.54, 1.807) is 0 Å². The molecule has 1 rings (SSSR count). The lowest BCUT2D eigenvalue weighted by molar-refractivity contribution is 0.122. The molecule has 0 radical (unpaired) electrons. The molecular formula is C13H21FN2O4S. The van der Waals surface area contributed by atoms with Gasteiger partial charge in [-0.15, -0.1) is 0 Å². The molecule has 1 aromatic rings. The van der Waals surface area contributed by atoms with Crippen LogP contribution in [0.5, 0.6) is 0 Å². The number of benzene rings is 1. The lowest BCUT2D eigenvalue weighted by atomic mass is 10.2. The Morgan fingerprint density at radius 2 is 2.05 bits per heavy atom. The Morgan fingerprint density at radius 1 is 1.33 bits per heavy atom. The van der Waals surface area contributed by atoms with Crippen LogP contribution in [0.3, 0.4) is 0 Å². The van der Waals surface area contributed by atoms with Crippen LogP contribution in [0.25, 0.3) is 0 Å². The van der Waals surface area contributed by atoms with Crippen molar-refractivity contribution in [2.75, 3.05) is 40.4 Å². The average molecular weight is 320 g/mol. The molecule has 0 aliphatic carbocycles. The van der Waals surface area contributed by atoms with Crippen molar-refractivity contribution in [2.24, 2.45) is 0 Å². The van der Waals surface area contributed by atoms with Crippen molar-refractivity contribution in [1.82, 2.24) is 9.62 Å². The van der Waals surface area contributed by atoms with Gasteiger partial charge in [0.15, 0.2) is 0 Å². The predicted octanol–water partition coefficient (Wildman–Crippen LogP) is 0.174. The van der Waals surface area contributed by atoms with Crippen LogP contribution in [0.2, 0.25) is 0 Å². The van der Waals surface area contributed by atoms with E-state index < -0.39 is 20.7 Å². The lowest BCUT2D eigenvalue weighted by Gasteiger charge is -2.11. The summed E-state index contributed by atoms with van der Waals surface area (Å²) < 4.78 is 45.0. The highest BCUT2D eigenvalue weighted by Crippen LogP contribution is 2.15. The first-order valence-corrected chi connectivity index (χ1v) is 7.96. The predicted molar refractivity (Wildman–Crippen MR) is 76.9 cm³/mol. The Labute approximate surface area is 124 Å². The van der Waals surface area contributed by atoms with Crippen molar-refractivity contribution < 1.29 is 22.7 Å². The van der Waals surface area contributed by atoms with Crippen LogP contribution in [0.1, 0.15) is 5.56 Å². The number of likely N-dealkylation sites (N-methyl/N-ethyl adjacent to an activating group) is 1. The van der Waals surface area contributed by atoms with Crippen molar-refractivity contribution in [1.29, 1.82) is 0 Å². The van der Waals surface area contributed by atoms with E-state index in [0.29, 0.717) is 12.2 Å². The molecule has 0 aliphatic heterocycles. The molecule has 21 heavy (non-hydrogen) atoms. The number of sulfonamides is 1. The molecule has 0 bridgehead atoms. The number of nitrogens with zero attached hydrogens (tertiary/aromatic N) is 1. The summed E-state index contributed by atoms with van der Waals surface area (Å²) in [6.45, 7) is 1.17. The number of nitrogens with one attached hydrogen (secondary N) is 1. The van der Waals surface area contributed by atoms with Gasteiger partial charge in [0, 0.05) is 13.1 Å². The second-order valence-corrected chi connectivity index (χ2v) is 6.47. The maximum atomic E-state index is 13.7. The topological polar surface area (TPSA) is 78.9 Å². The van der Waals surface area contributed by atoms with Crippen LogP contribution in [-0.4, -0.2) is 58.8 Å². The van der Waals surface area contributed by atoms with Gasteiger partial charge >= 0.3 is 0 Å². The smallest absolute Gasteiger partial charge is 0.243 e. The number of hydrogen-bond donors (Lipinski definition) is 2. The standard InChI is InChI=1S/C13H21FN2O4S/c1-16(2)6-8-20-7-5-15-21(18,19)13-4-3-11(10-17)9-12(13)14/h3-4,9,15,17H,5-8,10H2,1-2H3. The molecule has 0 saturated carbocycles. The zero-order chi connectivity index (χ0) is 15.9. The summed E-state index contributed by atoms with van der Waals surface area (Å²) in [6.07, 6.45) is 0. The van der Waals surface area contributed by atoms with Gasteiger partial charge in [0.1, 0.15) is 10.7 Å². The summed E-state index contributed by atoms with van der Waals surface area (Å²) in [7, 11) is -0.101. The quantitative estimate of drug-likeness (QED) is 0.634. The van der Waals surface area contributed by atoms with Crippen molar-refractivity contribution in [3.05, 3.63) is 29.6 Å². The highest BCUT2D eigenvalue weighted by Gasteiger charge is 2.18. The zero-order valence-corrected chi connectivity index (χ0v) is 13.0. The molecule has 0 saturated heterocycles. The fourth-order valence-electron chi connectivity index (χ4n) is 1.54. The summed E-state index contributed by atoms with van der Waals surface area (Å²) in [5, 5.41) is 8.87. The molecular weight excluding hydrogens is 299 g/mol. The molecule has 0 fully saturated rings. The van der Waals surface area contributed by atoms with Crippen LogP contribution in [0, 0.1) is 5.82 Å². The average Bonchev–Trinajstić information content (AvgIpc) is 2.41. The Bertz CT molecular complexity index is 549. The van der Waals surface area contributed by atoms with Crippen LogP contribution in [0.4, 0.5) is 4.39 Å². The van der Waals surface area contributed by atoms with E-state index in [1.165, 1.54) is 6.07 Å². The molecule has 0 aliphatic rings. The normalized spacial score (nSPS) is 12.0. The maximum absolute atomic E-state index is 13.7. The molecule has 6 nitrogen and oxygen atoms in total. The minimum Gasteiger partial charge on any atom is -0.392 e. The SMILES string of the molecule is CN(C)CCOCCNS(=O)(=O)c1ccc(CO)cc1F. The van der Waals surface area contributed by atoms with Crippen LogP contribution >= 0.6 is 0 Å². The molecule has 0 aromatic heterocycles. The second-order valence-electron chi connectivity index (χ2n) is 4.74. The van der Waals surface area contributed by atoms with E-state index in [-0.39, 0.29) is 19.8 Å². The Hall–Kier alpha value is -1.06. The molecule has 0 spiro atoms. The second kappa shape index (κ2) is 8.40. The third kappa shape index (κ3) is 6.06. The van der Waals surface area contributed by atoms with Gasteiger partial charge in [0.2, 0.25) is 10.0 Å². The highest BCUT2D eigenvalue weighted by atomic mass is 32.2. The van der Waals surface area contributed by atoms with E-state index in [0.717, 1.165) is 18.7 Å². The summed E-state index contributed by atoms with van der Waals surface area (Å²) in [5.74, 6) is -0.887. The summed E-state index contributed by atoms with van der Waals surface area (Å²) >= 11 is 0. The fourth-order valence-corrected chi connectivity index (χ4v) is 2.61. The first kappa shape index (κ1) is 18.0. The highest BCUT2D eigenvalue weighted by molar-refractivity contribution is 7.89. The van der Waals surface area contributed by atoms with Gasteiger partial charge in [-0.2, -0.15) is 0 Å². The van der Waals surface area contributed by atoms with Crippen LogP contribution < -0.4 is 4.72 Å². The van der Waals surface area contributed by atoms with Gasteiger partial charge in [-0.25, -0.2) is 17.5 Å². The van der Waals surface area contributed by atoms with Crippen LogP contribution in [0.15, 0.2) is 23.1 Å². The number of aliphatic hydroxyl groups is 1. The van der Waals surface area contributed by atoms with Crippen LogP contribution in [-0.2, 0) is 21.4 Å². The first-order chi connectivity index (χ1) is 9.86. The Morgan fingerprint density at radius 3 is 2.62 bits per heavy atom. The molecule has 0 heterocycles. The van der Waals surface area contributed by atoms with Gasteiger partial charge in [-0.3, -0.25) is 0 Å². The summed E-state index contributed by atoms with van der Waals surface area (Å²) in [5.41, 5.74) is 0.318. The van der Waals surface area contributed by atoms with Gasteiger partial charge in [-0.1, -0.05) is 6.07 Å². The summed E-state index contributed by atoms with van der Waals surface area (Å²) in [4.78, 5) is 1.51. The van der Waals surface area contributed by atoms with E-state index in [2.05, 4.69) is 4.72 Å². The number of halogens is 1. The molecule has 1 aromatic carbocycles. The van der Waals surface area contributed by atoms with E-state index >= 15 is 0 Å². The minimum atomic E-state index is -3.92. The summed E-state index contributed by atoms with van der Waals surface area (Å²) in [6, 6.07) is 3.50. The lowest BCUT2D eigenvalue weighted by Crippen LogP contribution is -2.29. The molecule has 0 amide bonds. The molecule has 120 valence electrons. The van der Waals surface area contributed by atoms with Crippen molar-refractivity contribution in [3.63, 3.8) is 0 Å². The fraction of sp³-hybridized carbons (Fsp3) is 0.538. The van der Waals surface area contributed by atoms with Gasteiger partial charge in [0.25, 0.3) is 0 Å². The van der Waals surface area contributed by atoms with Gasteiger partial charge in [0.05, 0.1) is 19.8 Å². The third-order valence-electron chi connectivity index (χ3n) is 2.69. The first-order valence-electron chi connectivity index (χ1n) is 6.48. The number of rotatable bonds is 9. The van der Waals surface area contributed by atoms with Crippen molar-refractivity contribution in [2.45, 2.75) is 11.5 Å². The molecule has 0 atom stereocenters. The van der Waals surface area contributed by atoms with Gasteiger partial charge in [-0.05, 0) is 31.8 Å². The zero-order valence-electron chi connectivity index (χ0n) is 12.2. The number of hydrogen-bond acceptors (Lipinski definition) is 5. The monoisotopic (exact) mass is 320 g/mol. The van der Waals surface area contributed by atoms with Crippen molar-refractivity contribution >= 4 is 10.0 Å². The van der Waals surface area contributed by atoms with E-state index in [9.17, 15) is 12.8 Å². The number of ether oxygens (including phenoxy) is 1. The molecule has 8 heteroatoms. The van der Waals surface area contributed by atoms with E-state index in [1.807, 2.05) is 19.0 Å². The third-order valence-corrected chi connectivity index (χ3v) is 4.18.